The number of aromatic nitrogens is 1. The van der Waals surface area contributed by atoms with E-state index in [9.17, 15) is 9.90 Å². The van der Waals surface area contributed by atoms with E-state index >= 15 is 0 Å². The summed E-state index contributed by atoms with van der Waals surface area (Å²) in [5.41, 5.74) is 3.12. The molecule has 0 aliphatic carbocycles. The summed E-state index contributed by atoms with van der Waals surface area (Å²) in [6, 6.07) is 4.21. The van der Waals surface area contributed by atoms with Crippen molar-refractivity contribution in [3.8, 4) is 0 Å². The SMILES string of the molecule is O=C([O-])c1ccc(Cl)c(N/N=C\c2sc(N3CCCCC3)nc2Cl)c1. The Morgan fingerprint density at radius 3 is 2.80 bits per heavy atom. The van der Waals surface area contributed by atoms with Crippen LogP contribution in [0, 0.1) is 0 Å². The molecule has 0 bridgehead atoms. The number of carbonyl (C=O) groups is 1. The lowest BCUT2D eigenvalue weighted by Crippen LogP contribution is -2.29. The van der Waals surface area contributed by atoms with Gasteiger partial charge in [-0.3, -0.25) is 5.43 Å². The molecule has 0 atom stereocenters. The molecule has 132 valence electrons. The van der Waals surface area contributed by atoms with E-state index in [0.29, 0.717) is 15.9 Å². The molecule has 1 fully saturated rings. The van der Waals surface area contributed by atoms with E-state index in [1.165, 1.54) is 36.0 Å². The van der Waals surface area contributed by atoms with Crippen molar-refractivity contribution in [3.63, 3.8) is 0 Å². The monoisotopic (exact) mass is 397 g/mol. The van der Waals surface area contributed by atoms with E-state index in [-0.39, 0.29) is 5.56 Å². The summed E-state index contributed by atoms with van der Waals surface area (Å²) in [6.07, 6.45) is 5.12. The summed E-state index contributed by atoms with van der Waals surface area (Å²) < 4.78 is 0. The lowest BCUT2D eigenvalue weighted by Gasteiger charge is -2.25. The number of thiazole rings is 1. The van der Waals surface area contributed by atoms with E-state index < -0.39 is 5.97 Å². The third kappa shape index (κ3) is 4.42. The van der Waals surface area contributed by atoms with Crippen molar-refractivity contribution in [1.82, 2.24) is 4.98 Å². The third-order valence-electron chi connectivity index (χ3n) is 3.79. The van der Waals surface area contributed by atoms with Gasteiger partial charge in [0.05, 0.1) is 27.8 Å². The number of aromatic carboxylic acids is 1. The zero-order valence-corrected chi connectivity index (χ0v) is 15.5. The Balaban J connectivity index is 1.71. The van der Waals surface area contributed by atoms with Crippen molar-refractivity contribution in [2.45, 2.75) is 19.3 Å². The number of benzene rings is 1. The largest absolute Gasteiger partial charge is 0.545 e. The van der Waals surface area contributed by atoms with Crippen LogP contribution in [0.4, 0.5) is 10.8 Å². The highest BCUT2D eigenvalue weighted by Gasteiger charge is 2.16. The molecule has 0 amide bonds. The van der Waals surface area contributed by atoms with Gasteiger partial charge in [0.1, 0.15) is 0 Å². The van der Waals surface area contributed by atoms with Crippen molar-refractivity contribution in [2.24, 2.45) is 5.10 Å². The minimum absolute atomic E-state index is 0.0188. The second-order valence-electron chi connectivity index (χ2n) is 5.55. The average molecular weight is 398 g/mol. The summed E-state index contributed by atoms with van der Waals surface area (Å²) in [4.78, 5) is 18.3. The second-order valence-corrected chi connectivity index (χ2v) is 7.33. The van der Waals surface area contributed by atoms with Crippen molar-refractivity contribution < 1.29 is 9.90 Å². The molecule has 1 aromatic heterocycles. The molecule has 1 aliphatic heterocycles. The first kappa shape index (κ1) is 18.0. The summed E-state index contributed by atoms with van der Waals surface area (Å²) in [7, 11) is 0. The van der Waals surface area contributed by atoms with Crippen molar-refractivity contribution in [1.29, 1.82) is 0 Å². The van der Waals surface area contributed by atoms with Gasteiger partial charge in [-0.25, -0.2) is 4.98 Å². The molecule has 0 radical (unpaired) electrons. The van der Waals surface area contributed by atoms with Gasteiger partial charge >= 0.3 is 0 Å². The number of carboxylic acid groups (broad SMARTS) is 1. The molecule has 0 spiro atoms. The molecule has 1 N–H and O–H groups in total. The maximum atomic E-state index is 10.9. The van der Waals surface area contributed by atoms with Crippen molar-refractivity contribution >= 4 is 57.5 Å². The maximum absolute atomic E-state index is 10.9. The maximum Gasteiger partial charge on any atom is 0.187 e. The molecular weight excluding hydrogens is 383 g/mol. The Morgan fingerprint density at radius 1 is 1.32 bits per heavy atom. The van der Waals surface area contributed by atoms with E-state index in [1.54, 1.807) is 6.21 Å². The van der Waals surface area contributed by atoms with Gasteiger partial charge in [-0.1, -0.05) is 40.6 Å². The van der Waals surface area contributed by atoms with Crippen LogP contribution in [0.15, 0.2) is 23.3 Å². The highest BCUT2D eigenvalue weighted by Crippen LogP contribution is 2.30. The number of rotatable bonds is 5. The predicted molar refractivity (Wildman–Crippen MR) is 100 cm³/mol. The second kappa shape index (κ2) is 8.03. The van der Waals surface area contributed by atoms with Crippen molar-refractivity contribution in [2.75, 3.05) is 23.4 Å². The zero-order chi connectivity index (χ0) is 17.8. The van der Waals surface area contributed by atoms with E-state index in [0.717, 1.165) is 35.9 Å². The van der Waals surface area contributed by atoms with Gasteiger partial charge in [0.25, 0.3) is 0 Å². The highest BCUT2D eigenvalue weighted by molar-refractivity contribution is 7.17. The Morgan fingerprint density at radius 2 is 2.08 bits per heavy atom. The highest BCUT2D eigenvalue weighted by atomic mass is 35.5. The van der Waals surface area contributed by atoms with Crippen LogP contribution >= 0.6 is 34.5 Å². The van der Waals surface area contributed by atoms with E-state index in [4.69, 9.17) is 23.2 Å². The number of hydrogen-bond acceptors (Lipinski definition) is 7. The molecule has 3 rings (SSSR count). The third-order valence-corrected chi connectivity index (χ3v) is 5.57. The quantitative estimate of drug-likeness (QED) is 0.618. The van der Waals surface area contributed by atoms with Crippen LogP contribution in [0.2, 0.25) is 10.2 Å². The van der Waals surface area contributed by atoms with Gasteiger partial charge in [0, 0.05) is 13.1 Å². The number of nitrogens with zero attached hydrogens (tertiary/aromatic N) is 3. The summed E-state index contributed by atoms with van der Waals surface area (Å²) >= 11 is 13.7. The molecular formula is C16H15Cl2N4O2S-. The van der Waals surface area contributed by atoms with Gasteiger partial charge in [0.15, 0.2) is 10.3 Å². The first-order chi connectivity index (χ1) is 12.0. The number of anilines is 2. The fourth-order valence-corrected chi connectivity index (χ4v) is 3.84. The average Bonchev–Trinajstić information content (AvgIpc) is 2.98. The minimum atomic E-state index is -1.28. The topological polar surface area (TPSA) is 80.6 Å². The molecule has 9 heteroatoms. The standard InChI is InChI=1S/C16H16Cl2N4O2S/c17-11-5-4-10(15(23)24)8-12(11)21-19-9-13-14(18)20-16(25-13)22-6-2-1-3-7-22/h4-5,8-9,21H,1-3,6-7H2,(H,23,24)/p-1/b19-9-. The predicted octanol–water partition coefficient (Wildman–Crippen LogP) is 3.25. The Kier molecular flexibility index (Phi) is 5.78. The molecule has 2 aromatic rings. The van der Waals surface area contributed by atoms with Gasteiger partial charge in [-0.15, -0.1) is 0 Å². The van der Waals surface area contributed by atoms with Crippen LogP contribution in [0.1, 0.15) is 34.5 Å². The van der Waals surface area contributed by atoms with Gasteiger partial charge in [-0.2, -0.15) is 5.10 Å². The van der Waals surface area contributed by atoms with Crippen LogP contribution < -0.4 is 15.4 Å². The van der Waals surface area contributed by atoms with Gasteiger partial charge in [-0.05, 0) is 37.0 Å². The van der Waals surface area contributed by atoms with Crippen LogP contribution in [0.5, 0.6) is 0 Å². The number of hydrogen-bond donors (Lipinski definition) is 1. The van der Waals surface area contributed by atoms with Crippen LogP contribution in [0.25, 0.3) is 0 Å². The Labute approximate surface area is 159 Å². The first-order valence-corrected chi connectivity index (χ1v) is 9.33. The Hall–Kier alpha value is -1.83. The Bertz CT molecular complexity index is 803. The summed E-state index contributed by atoms with van der Waals surface area (Å²) in [5, 5.41) is 16.6. The van der Waals surface area contributed by atoms with Gasteiger partial charge in [0.2, 0.25) is 0 Å². The molecule has 1 aromatic carbocycles. The molecule has 25 heavy (non-hydrogen) atoms. The number of nitrogens with one attached hydrogen (secondary N) is 1. The number of carboxylic acids is 1. The summed E-state index contributed by atoms with van der Waals surface area (Å²) in [6.45, 7) is 1.98. The van der Waals surface area contributed by atoms with Crippen molar-refractivity contribution in [3.05, 3.63) is 38.8 Å². The molecule has 2 heterocycles. The summed E-state index contributed by atoms with van der Waals surface area (Å²) in [5.74, 6) is -1.28. The fraction of sp³-hybridized carbons (Fsp3) is 0.312. The number of hydrazone groups is 1. The molecule has 0 unspecified atom stereocenters. The first-order valence-electron chi connectivity index (χ1n) is 7.76. The van der Waals surface area contributed by atoms with Crippen LogP contribution in [0.3, 0.4) is 0 Å². The van der Waals surface area contributed by atoms with E-state index in [2.05, 4.69) is 20.4 Å². The number of carbonyl (C=O) groups excluding carboxylic acids is 1. The lowest BCUT2D eigenvalue weighted by atomic mass is 10.1. The fourth-order valence-electron chi connectivity index (χ4n) is 2.50. The molecule has 1 saturated heterocycles. The number of halogens is 2. The van der Waals surface area contributed by atoms with Crippen LogP contribution in [-0.2, 0) is 0 Å². The lowest BCUT2D eigenvalue weighted by molar-refractivity contribution is -0.255. The van der Waals surface area contributed by atoms with E-state index in [1.807, 2.05) is 0 Å². The zero-order valence-electron chi connectivity index (χ0n) is 13.2. The molecule has 1 aliphatic rings. The number of piperidine rings is 1. The normalized spacial score (nSPS) is 14.9. The van der Waals surface area contributed by atoms with Crippen LogP contribution in [-0.4, -0.2) is 30.3 Å². The van der Waals surface area contributed by atoms with Gasteiger partial charge < -0.3 is 14.8 Å². The molecule has 0 saturated carbocycles. The molecule has 6 nitrogen and oxygen atoms in total. The smallest absolute Gasteiger partial charge is 0.187 e. The minimum Gasteiger partial charge on any atom is -0.545 e.